The van der Waals surface area contributed by atoms with Gasteiger partial charge in [-0.3, -0.25) is 4.99 Å². The third kappa shape index (κ3) is 6.33. The Balaban J connectivity index is 1.47. The van der Waals surface area contributed by atoms with E-state index in [2.05, 4.69) is 38.0 Å². The van der Waals surface area contributed by atoms with E-state index in [1.54, 1.807) is 12.3 Å². The molecule has 1 saturated heterocycles. The maximum absolute atomic E-state index is 13.4. The van der Waals surface area contributed by atoms with Gasteiger partial charge < -0.3 is 19.1 Å². The molecule has 1 heterocycles. The van der Waals surface area contributed by atoms with E-state index in [0.29, 0.717) is 18.1 Å². The first-order chi connectivity index (χ1) is 16.1. The fourth-order valence-electron chi connectivity index (χ4n) is 3.53. The lowest BCUT2D eigenvalue weighted by Crippen LogP contribution is -2.36. The molecule has 0 aromatic heterocycles. The van der Waals surface area contributed by atoms with Gasteiger partial charge >= 0.3 is 0 Å². The van der Waals surface area contributed by atoms with Crippen molar-refractivity contribution in [1.29, 1.82) is 0 Å². The number of aliphatic imine (C=N–C) groups is 1. The maximum atomic E-state index is 13.4. The Bertz CT molecular complexity index is 1100. The second-order valence-corrected chi connectivity index (χ2v) is 8.40. The molecule has 5 nitrogen and oxygen atoms in total. The molecule has 4 rings (SSSR count). The van der Waals surface area contributed by atoms with Crippen molar-refractivity contribution in [3.05, 3.63) is 82.1 Å². The van der Waals surface area contributed by atoms with Crippen molar-refractivity contribution < 1.29 is 18.6 Å². The van der Waals surface area contributed by atoms with Gasteiger partial charge in [-0.15, -0.1) is 0 Å². The minimum Gasteiger partial charge on any atom is -0.490 e. The molecule has 3 aromatic rings. The van der Waals surface area contributed by atoms with Gasteiger partial charge in [0.05, 0.1) is 25.5 Å². The summed E-state index contributed by atoms with van der Waals surface area (Å²) in [6.45, 7) is 6.00. The lowest BCUT2D eigenvalue weighted by atomic mass is 10.2. The smallest absolute Gasteiger partial charge is 0.162 e. The summed E-state index contributed by atoms with van der Waals surface area (Å²) in [7, 11) is 0. The molecule has 0 aliphatic carbocycles. The van der Waals surface area contributed by atoms with Gasteiger partial charge in [0.15, 0.2) is 11.5 Å². The van der Waals surface area contributed by atoms with Crippen LogP contribution in [0.5, 0.6) is 11.5 Å². The number of halogens is 2. The van der Waals surface area contributed by atoms with E-state index in [-0.39, 0.29) is 12.4 Å². The summed E-state index contributed by atoms with van der Waals surface area (Å²) >= 11 is 3.60. The van der Waals surface area contributed by atoms with Crippen molar-refractivity contribution in [2.75, 3.05) is 37.8 Å². The van der Waals surface area contributed by atoms with Crippen molar-refractivity contribution in [2.45, 2.75) is 13.5 Å². The van der Waals surface area contributed by atoms with E-state index >= 15 is 0 Å². The molecule has 7 heteroatoms. The molecule has 0 amide bonds. The number of nitrogens with zero attached hydrogens (tertiary/aromatic N) is 2. The molecule has 1 aliphatic rings. The largest absolute Gasteiger partial charge is 0.490 e. The molecule has 172 valence electrons. The molecule has 0 spiro atoms. The van der Waals surface area contributed by atoms with Gasteiger partial charge in [-0.05, 0) is 76.9 Å². The van der Waals surface area contributed by atoms with E-state index in [4.69, 9.17) is 14.2 Å². The Morgan fingerprint density at radius 1 is 1.03 bits per heavy atom. The van der Waals surface area contributed by atoms with E-state index < -0.39 is 0 Å². The number of anilines is 1. The summed E-state index contributed by atoms with van der Waals surface area (Å²) in [5.74, 6) is 0.910. The number of rotatable bonds is 8. The van der Waals surface area contributed by atoms with Crippen LogP contribution in [0.25, 0.3) is 0 Å². The average molecular weight is 513 g/mol. The highest BCUT2D eigenvalue weighted by molar-refractivity contribution is 9.10. The van der Waals surface area contributed by atoms with Crippen LogP contribution in [-0.4, -0.2) is 39.1 Å². The Labute approximate surface area is 201 Å². The van der Waals surface area contributed by atoms with Gasteiger partial charge in [-0.25, -0.2) is 4.39 Å². The summed E-state index contributed by atoms with van der Waals surface area (Å²) in [5.41, 5.74) is 3.66. The molecule has 1 fully saturated rings. The highest BCUT2D eigenvalue weighted by Crippen LogP contribution is 2.34. The summed E-state index contributed by atoms with van der Waals surface area (Å²) in [4.78, 5) is 6.93. The molecule has 33 heavy (non-hydrogen) atoms. The Morgan fingerprint density at radius 3 is 2.52 bits per heavy atom. The number of hydrogen-bond acceptors (Lipinski definition) is 5. The van der Waals surface area contributed by atoms with Crippen LogP contribution in [0.2, 0.25) is 0 Å². The van der Waals surface area contributed by atoms with Crippen molar-refractivity contribution >= 4 is 33.5 Å². The SMILES string of the molecule is CCOc1cc(C=Nc2ccc(N3CCOCC3)cc2)c(Br)cc1OCc1cccc(F)c1. The minimum atomic E-state index is -0.285. The van der Waals surface area contributed by atoms with Crippen LogP contribution in [0.3, 0.4) is 0 Å². The Kier molecular flexibility index (Phi) is 7.96. The van der Waals surface area contributed by atoms with Crippen LogP contribution in [0.1, 0.15) is 18.1 Å². The highest BCUT2D eigenvalue weighted by atomic mass is 79.9. The molecule has 0 atom stereocenters. The number of ether oxygens (including phenoxy) is 3. The predicted molar refractivity (Wildman–Crippen MR) is 133 cm³/mol. The molecule has 0 saturated carbocycles. The van der Waals surface area contributed by atoms with Crippen LogP contribution in [0.4, 0.5) is 15.8 Å². The minimum absolute atomic E-state index is 0.243. The van der Waals surface area contributed by atoms with Gasteiger partial charge in [0.25, 0.3) is 0 Å². The lowest BCUT2D eigenvalue weighted by Gasteiger charge is -2.28. The second kappa shape index (κ2) is 11.3. The van der Waals surface area contributed by atoms with Crippen LogP contribution >= 0.6 is 15.9 Å². The van der Waals surface area contributed by atoms with E-state index in [9.17, 15) is 4.39 Å². The zero-order valence-electron chi connectivity index (χ0n) is 18.5. The van der Waals surface area contributed by atoms with Crippen molar-refractivity contribution in [3.8, 4) is 11.5 Å². The fraction of sp³-hybridized carbons (Fsp3) is 0.269. The quantitative estimate of drug-likeness (QED) is 0.339. The molecule has 0 bridgehead atoms. The molecule has 0 radical (unpaired) electrons. The molecule has 0 unspecified atom stereocenters. The first-order valence-electron chi connectivity index (χ1n) is 10.9. The lowest BCUT2D eigenvalue weighted by molar-refractivity contribution is 0.122. The van der Waals surface area contributed by atoms with E-state index in [0.717, 1.165) is 47.6 Å². The predicted octanol–water partition coefficient (Wildman–Crippen LogP) is 6.15. The van der Waals surface area contributed by atoms with Gasteiger partial charge in [0.2, 0.25) is 0 Å². The van der Waals surface area contributed by atoms with Gasteiger partial charge in [-0.2, -0.15) is 0 Å². The highest BCUT2D eigenvalue weighted by Gasteiger charge is 2.12. The third-order valence-electron chi connectivity index (χ3n) is 5.22. The molecule has 3 aromatic carbocycles. The molecule has 0 N–H and O–H groups in total. The average Bonchev–Trinajstić information content (AvgIpc) is 2.84. The molecular formula is C26H26BrFN2O3. The Hall–Kier alpha value is -2.90. The number of morpholine rings is 1. The monoisotopic (exact) mass is 512 g/mol. The normalized spacial score (nSPS) is 14.0. The van der Waals surface area contributed by atoms with Crippen LogP contribution in [-0.2, 0) is 11.3 Å². The second-order valence-electron chi connectivity index (χ2n) is 7.55. The van der Waals surface area contributed by atoms with Gasteiger partial charge in [-0.1, -0.05) is 12.1 Å². The zero-order chi connectivity index (χ0) is 23.0. The molecule has 1 aliphatic heterocycles. The Morgan fingerprint density at radius 2 is 1.79 bits per heavy atom. The fourth-order valence-corrected chi connectivity index (χ4v) is 3.96. The van der Waals surface area contributed by atoms with Crippen molar-refractivity contribution in [2.24, 2.45) is 4.99 Å². The van der Waals surface area contributed by atoms with E-state index in [1.807, 2.05) is 37.3 Å². The van der Waals surface area contributed by atoms with Crippen molar-refractivity contribution in [1.82, 2.24) is 0 Å². The van der Waals surface area contributed by atoms with Crippen LogP contribution < -0.4 is 14.4 Å². The van der Waals surface area contributed by atoms with Gasteiger partial charge in [0, 0.05) is 35.0 Å². The number of benzene rings is 3. The summed E-state index contributed by atoms with van der Waals surface area (Å²) in [6, 6.07) is 18.3. The van der Waals surface area contributed by atoms with Crippen LogP contribution in [0, 0.1) is 5.82 Å². The van der Waals surface area contributed by atoms with Crippen molar-refractivity contribution in [3.63, 3.8) is 0 Å². The third-order valence-corrected chi connectivity index (χ3v) is 5.91. The zero-order valence-corrected chi connectivity index (χ0v) is 20.1. The molecular weight excluding hydrogens is 487 g/mol. The van der Waals surface area contributed by atoms with E-state index in [1.165, 1.54) is 17.8 Å². The first kappa shape index (κ1) is 23.3. The topological polar surface area (TPSA) is 43.3 Å². The summed E-state index contributed by atoms with van der Waals surface area (Å²) < 4.78 is 31.4. The number of hydrogen-bond donors (Lipinski definition) is 0. The maximum Gasteiger partial charge on any atom is 0.162 e. The van der Waals surface area contributed by atoms with Crippen LogP contribution in [0.15, 0.2) is 70.1 Å². The van der Waals surface area contributed by atoms with Gasteiger partial charge in [0.1, 0.15) is 12.4 Å². The first-order valence-corrected chi connectivity index (χ1v) is 11.7. The summed E-state index contributed by atoms with van der Waals surface area (Å²) in [5, 5.41) is 0. The standard InChI is InChI=1S/C26H26BrFN2O3/c1-2-32-25-15-20(24(27)16-26(25)33-18-19-4-3-5-21(28)14-19)17-29-22-6-8-23(9-7-22)30-10-12-31-13-11-30/h3-9,14-17H,2,10-13,18H2,1H3. The summed E-state index contributed by atoms with van der Waals surface area (Å²) in [6.07, 6.45) is 1.80.